The Hall–Kier alpha value is -3.65. The highest BCUT2D eigenvalue weighted by molar-refractivity contribution is 7.92. The van der Waals surface area contributed by atoms with Gasteiger partial charge in [0.1, 0.15) is 12.6 Å². The van der Waals surface area contributed by atoms with Crippen molar-refractivity contribution in [2.24, 2.45) is 0 Å². The van der Waals surface area contributed by atoms with Crippen LogP contribution in [0.1, 0.15) is 31.4 Å². The summed E-state index contributed by atoms with van der Waals surface area (Å²) in [6.07, 6.45) is 0.765. The molecule has 7 nitrogen and oxygen atoms in total. The van der Waals surface area contributed by atoms with E-state index in [4.69, 9.17) is 0 Å². The van der Waals surface area contributed by atoms with Gasteiger partial charge in [0.2, 0.25) is 11.8 Å². The average molecular weight is 508 g/mol. The molecule has 0 unspecified atom stereocenters. The molecule has 0 saturated carbocycles. The highest BCUT2D eigenvalue weighted by atomic mass is 32.2. The van der Waals surface area contributed by atoms with Crippen molar-refractivity contribution in [2.45, 2.75) is 44.7 Å². The van der Waals surface area contributed by atoms with Gasteiger partial charge in [0.15, 0.2) is 0 Å². The molecule has 190 valence electrons. The van der Waals surface area contributed by atoms with Gasteiger partial charge in [-0.15, -0.1) is 0 Å². The van der Waals surface area contributed by atoms with Crippen LogP contribution in [0.3, 0.4) is 0 Å². The number of rotatable bonds is 11. The largest absolute Gasteiger partial charge is 0.354 e. The maximum Gasteiger partial charge on any atom is 0.264 e. The van der Waals surface area contributed by atoms with Crippen LogP contribution in [0, 0.1) is 6.92 Å². The van der Waals surface area contributed by atoms with E-state index in [2.05, 4.69) is 5.32 Å². The predicted molar refractivity (Wildman–Crippen MR) is 142 cm³/mol. The van der Waals surface area contributed by atoms with E-state index < -0.39 is 28.5 Å². The summed E-state index contributed by atoms with van der Waals surface area (Å²) in [5.74, 6) is -0.757. The number of carbonyl (C=O) groups is 2. The number of nitrogens with zero attached hydrogens (tertiary/aromatic N) is 2. The number of anilines is 1. The summed E-state index contributed by atoms with van der Waals surface area (Å²) in [5, 5.41) is 2.84. The topological polar surface area (TPSA) is 86.8 Å². The van der Waals surface area contributed by atoms with Gasteiger partial charge in [-0.25, -0.2) is 8.42 Å². The number of hydrogen-bond donors (Lipinski definition) is 1. The third kappa shape index (κ3) is 6.73. The normalized spacial score (nSPS) is 12.0. The van der Waals surface area contributed by atoms with Gasteiger partial charge in [0.25, 0.3) is 10.0 Å². The lowest BCUT2D eigenvalue weighted by atomic mass is 10.1. The summed E-state index contributed by atoms with van der Waals surface area (Å²) < 4.78 is 28.4. The van der Waals surface area contributed by atoms with E-state index in [1.807, 2.05) is 44.2 Å². The molecule has 1 N–H and O–H groups in total. The Morgan fingerprint density at radius 1 is 0.889 bits per heavy atom. The van der Waals surface area contributed by atoms with Crippen molar-refractivity contribution < 1.29 is 18.0 Å². The summed E-state index contributed by atoms with van der Waals surface area (Å²) >= 11 is 0. The molecule has 3 aromatic carbocycles. The quantitative estimate of drug-likeness (QED) is 0.423. The number of sulfonamides is 1. The minimum Gasteiger partial charge on any atom is -0.354 e. The molecule has 0 heterocycles. The lowest BCUT2D eigenvalue weighted by Gasteiger charge is -2.32. The molecule has 0 spiro atoms. The summed E-state index contributed by atoms with van der Waals surface area (Å²) in [6, 6.07) is 23.5. The molecule has 3 rings (SSSR count). The molecule has 0 bridgehead atoms. The Kier molecular flexibility index (Phi) is 9.25. The van der Waals surface area contributed by atoms with E-state index in [0.29, 0.717) is 12.2 Å². The van der Waals surface area contributed by atoms with Crippen LogP contribution in [0.4, 0.5) is 5.69 Å². The second-order valence-electron chi connectivity index (χ2n) is 8.63. The number of aryl methyl sites for hydroxylation is 1. The van der Waals surface area contributed by atoms with Crippen molar-refractivity contribution in [1.82, 2.24) is 10.2 Å². The lowest BCUT2D eigenvalue weighted by molar-refractivity contribution is -0.139. The Morgan fingerprint density at radius 3 is 2.06 bits per heavy atom. The molecule has 0 aliphatic rings. The Bertz CT molecular complexity index is 1250. The smallest absolute Gasteiger partial charge is 0.264 e. The molecule has 0 radical (unpaired) electrons. The molecular weight excluding hydrogens is 474 g/mol. The zero-order valence-corrected chi connectivity index (χ0v) is 21.7. The van der Waals surface area contributed by atoms with Gasteiger partial charge >= 0.3 is 0 Å². The van der Waals surface area contributed by atoms with Crippen LogP contribution >= 0.6 is 0 Å². The summed E-state index contributed by atoms with van der Waals surface area (Å²) in [7, 11) is -4.04. The van der Waals surface area contributed by atoms with Gasteiger partial charge in [-0.2, -0.15) is 0 Å². The van der Waals surface area contributed by atoms with Gasteiger partial charge in [-0.1, -0.05) is 73.2 Å². The first kappa shape index (κ1) is 26.9. The molecule has 3 aromatic rings. The van der Waals surface area contributed by atoms with Crippen molar-refractivity contribution >= 4 is 27.5 Å². The number of nitrogens with one attached hydrogen (secondary N) is 1. The number of carbonyl (C=O) groups excluding carboxylic acids is 2. The summed E-state index contributed by atoms with van der Waals surface area (Å²) in [4.78, 5) is 28.1. The molecule has 0 aliphatic carbocycles. The van der Waals surface area contributed by atoms with Crippen molar-refractivity contribution in [3.05, 3.63) is 96.1 Å². The molecule has 0 fully saturated rings. The Labute approximate surface area is 213 Å². The Balaban J connectivity index is 1.98. The van der Waals surface area contributed by atoms with Crippen LogP contribution in [0.15, 0.2) is 89.8 Å². The standard InChI is InChI=1S/C28H33N3O4S/c1-4-19-29-28(33)23(3)30(20-24-11-7-5-8-12-24)27(32)21-31(25-17-15-22(2)16-18-25)36(34,35)26-13-9-6-10-14-26/h5-18,23H,4,19-21H2,1-3H3,(H,29,33)/t23-/m1/s1. The number of hydrogen-bond acceptors (Lipinski definition) is 4. The zero-order valence-electron chi connectivity index (χ0n) is 20.9. The first-order chi connectivity index (χ1) is 17.2. The van der Waals surface area contributed by atoms with Gasteiger partial charge in [0, 0.05) is 13.1 Å². The third-order valence-corrected chi connectivity index (χ3v) is 7.63. The summed E-state index contributed by atoms with van der Waals surface area (Å²) in [6.45, 7) is 5.74. The predicted octanol–water partition coefficient (Wildman–Crippen LogP) is 4.13. The van der Waals surface area contributed by atoms with Crippen LogP contribution in [0.5, 0.6) is 0 Å². The molecular formula is C28H33N3O4S. The van der Waals surface area contributed by atoms with Crippen LogP contribution < -0.4 is 9.62 Å². The molecule has 8 heteroatoms. The Morgan fingerprint density at radius 2 is 1.47 bits per heavy atom. The van der Waals surface area contributed by atoms with Crippen LogP contribution in [-0.2, 0) is 26.2 Å². The average Bonchev–Trinajstić information content (AvgIpc) is 2.90. The fraction of sp³-hybridized carbons (Fsp3) is 0.286. The molecule has 0 aliphatic heterocycles. The zero-order chi connectivity index (χ0) is 26.1. The fourth-order valence-electron chi connectivity index (χ4n) is 3.72. The minimum absolute atomic E-state index is 0.0849. The third-order valence-electron chi connectivity index (χ3n) is 5.84. The molecule has 36 heavy (non-hydrogen) atoms. The van der Waals surface area contributed by atoms with Crippen molar-refractivity contribution in [2.75, 3.05) is 17.4 Å². The van der Waals surface area contributed by atoms with E-state index >= 15 is 0 Å². The van der Waals surface area contributed by atoms with Crippen LogP contribution in [0.2, 0.25) is 0 Å². The van der Waals surface area contributed by atoms with E-state index in [0.717, 1.165) is 21.9 Å². The molecule has 1 atom stereocenters. The molecule has 0 aromatic heterocycles. The van der Waals surface area contributed by atoms with Gasteiger partial charge < -0.3 is 10.2 Å². The summed E-state index contributed by atoms with van der Waals surface area (Å²) in [5.41, 5.74) is 2.18. The maximum absolute atomic E-state index is 13.7. The lowest BCUT2D eigenvalue weighted by Crippen LogP contribution is -2.51. The molecule has 2 amide bonds. The van der Waals surface area contributed by atoms with Gasteiger partial charge in [-0.3, -0.25) is 13.9 Å². The van der Waals surface area contributed by atoms with Crippen LogP contribution in [-0.4, -0.2) is 44.3 Å². The number of amides is 2. The van der Waals surface area contributed by atoms with E-state index in [-0.39, 0.29) is 17.3 Å². The SMILES string of the molecule is CCCNC(=O)[C@@H](C)N(Cc1ccccc1)C(=O)CN(c1ccc(C)cc1)S(=O)(=O)c1ccccc1. The highest BCUT2D eigenvalue weighted by Gasteiger charge is 2.32. The minimum atomic E-state index is -4.04. The highest BCUT2D eigenvalue weighted by Crippen LogP contribution is 2.25. The van der Waals surface area contributed by atoms with Crippen molar-refractivity contribution in [3.8, 4) is 0 Å². The monoisotopic (exact) mass is 507 g/mol. The van der Waals surface area contributed by atoms with E-state index in [1.54, 1.807) is 49.4 Å². The molecule has 0 saturated heterocycles. The second kappa shape index (κ2) is 12.4. The van der Waals surface area contributed by atoms with Crippen molar-refractivity contribution in [3.63, 3.8) is 0 Å². The van der Waals surface area contributed by atoms with Crippen LogP contribution in [0.25, 0.3) is 0 Å². The number of benzene rings is 3. The van der Waals surface area contributed by atoms with Gasteiger partial charge in [-0.05, 0) is 50.1 Å². The van der Waals surface area contributed by atoms with Gasteiger partial charge in [0.05, 0.1) is 10.6 Å². The first-order valence-corrected chi connectivity index (χ1v) is 13.4. The fourth-order valence-corrected chi connectivity index (χ4v) is 5.15. The second-order valence-corrected chi connectivity index (χ2v) is 10.5. The van der Waals surface area contributed by atoms with Crippen molar-refractivity contribution in [1.29, 1.82) is 0 Å². The van der Waals surface area contributed by atoms with E-state index in [1.165, 1.54) is 17.0 Å². The first-order valence-electron chi connectivity index (χ1n) is 12.0. The van der Waals surface area contributed by atoms with E-state index in [9.17, 15) is 18.0 Å². The maximum atomic E-state index is 13.7.